The van der Waals surface area contributed by atoms with Crippen molar-refractivity contribution in [2.45, 2.75) is 17.9 Å². The summed E-state index contributed by atoms with van der Waals surface area (Å²) in [6.07, 6.45) is 0.125. The van der Waals surface area contributed by atoms with Gasteiger partial charge in [-0.25, -0.2) is 9.97 Å². The third-order valence-electron chi connectivity index (χ3n) is 2.41. The fourth-order valence-electron chi connectivity index (χ4n) is 1.56. The molecule has 19 heavy (non-hydrogen) atoms. The molecule has 100 valence electrons. The zero-order valence-electron chi connectivity index (χ0n) is 9.65. The Labute approximate surface area is 116 Å². The van der Waals surface area contributed by atoms with E-state index < -0.39 is 11.9 Å². The molecular formula is C12H9BrF3N3. The third kappa shape index (κ3) is 3.50. The first-order valence-electron chi connectivity index (χ1n) is 5.37. The van der Waals surface area contributed by atoms with Gasteiger partial charge in [-0.05, 0) is 11.6 Å². The van der Waals surface area contributed by atoms with Crippen molar-refractivity contribution in [3.63, 3.8) is 0 Å². The summed E-state index contributed by atoms with van der Waals surface area (Å²) >= 11 is 3.00. The van der Waals surface area contributed by atoms with E-state index in [1.54, 1.807) is 24.5 Å². The number of hydrogen-bond donors (Lipinski definition) is 0. The fraction of sp³-hybridized carbons (Fsp3) is 0.250. The molecular weight excluding hydrogens is 323 g/mol. The molecule has 0 atom stereocenters. The normalized spacial score (nSPS) is 11.6. The van der Waals surface area contributed by atoms with Crippen LogP contribution in [0, 0.1) is 0 Å². The van der Waals surface area contributed by atoms with Crippen LogP contribution in [0.1, 0.15) is 22.6 Å². The van der Waals surface area contributed by atoms with Gasteiger partial charge in [-0.2, -0.15) is 13.2 Å². The largest absolute Gasteiger partial charge is 0.433 e. The SMILES string of the molecule is FC(F)(F)c1nc(Cc2cccnc2)ncc1CBr. The van der Waals surface area contributed by atoms with Crippen molar-refractivity contribution >= 4 is 15.9 Å². The number of pyridine rings is 1. The van der Waals surface area contributed by atoms with E-state index in [1.807, 2.05) is 0 Å². The van der Waals surface area contributed by atoms with Crippen LogP contribution in [0.5, 0.6) is 0 Å². The molecule has 0 saturated heterocycles. The molecule has 0 aliphatic rings. The summed E-state index contributed by atoms with van der Waals surface area (Å²) in [5, 5.41) is 0.0645. The Bertz CT molecular complexity index is 558. The first-order valence-corrected chi connectivity index (χ1v) is 6.49. The second-order valence-corrected chi connectivity index (χ2v) is 4.39. The van der Waals surface area contributed by atoms with Crippen LogP contribution in [0.4, 0.5) is 13.2 Å². The summed E-state index contributed by atoms with van der Waals surface area (Å²) in [5.74, 6) is 0.130. The van der Waals surface area contributed by atoms with Gasteiger partial charge in [-0.1, -0.05) is 22.0 Å². The van der Waals surface area contributed by atoms with Gasteiger partial charge in [0, 0.05) is 35.9 Å². The highest BCUT2D eigenvalue weighted by atomic mass is 79.9. The van der Waals surface area contributed by atoms with E-state index in [9.17, 15) is 13.2 Å². The van der Waals surface area contributed by atoms with E-state index in [0.717, 1.165) is 5.56 Å². The predicted molar refractivity (Wildman–Crippen MR) is 66.7 cm³/mol. The van der Waals surface area contributed by atoms with Gasteiger partial charge >= 0.3 is 6.18 Å². The molecule has 0 bridgehead atoms. The molecule has 2 aromatic heterocycles. The first-order chi connectivity index (χ1) is 9.00. The van der Waals surface area contributed by atoms with Crippen LogP contribution in [0.15, 0.2) is 30.7 Å². The molecule has 0 fully saturated rings. The molecule has 0 aromatic carbocycles. The van der Waals surface area contributed by atoms with Crippen LogP contribution in [0.3, 0.4) is 0 Å². The summed E-state index contributed by atoms with van der Waals surface area (Å²) < 4.78 is 38.5. The standard InChI is InChI=1S/C12H9BrF3N3/c13-5-9-7-18-10(19-11(9)12(14,15)16)4-8-2-1-3-17-6-8/h1-3,6-7H,4-5H2. The van der Waals surface area contributed by atoms with Crippen molar-refractivity contribution in [2.24, 2.45) is 0 Å². The van der Waals surface area contributed by atoms with Gasteiger partial charge in [0.15, 0.2) is 5.69 Å². The number of halogens is 4. The zero-order chi connectivity index (χ0) is 13.9. The van der Waals surface area contributed by atoms with Crippen LogP contribution < -0.4 is 0 Å². The average Bonchev–Trinajstić information content (AvgIpc) is 2.39. The van der Waals surface area contributed by atoms with Gasteiger partial charge in [0.25, 0.3) is 0 Å². The molecule has 0 saturated carbocycles. The highest BCUT2D eigenvalue weighted by molar-refractivity contribution is 9.08. The van der Waals surface area contributed by atoms with E-state index in [-0.39, 0.29) is 23.1 Å². The molecule has 0 radical (unpaired) electrons. The summed E-state index contributed by atoms with van der Waals surface area (Å²) in [6, 6.07) is 3.48. The number of hydrogen-bond acceptors (Lipinski definition) is 3. The van der Waals surface area contributed by atoms with Gasteiger partial charge in [-0.15, -0.1) is 0 Å². The molecule has 0 amide bonds. The zero-order valence-corrected chi connectivity index (χ0v) is 11.2. The Kier molecular flexibility index (Phi) is 4.14. The van der Waals surface area contributed by atoms with Gasteiger partial charge in [0.05, 0.1) is 0 Å². The molecule has 0 unspecified atom stereocenters. The van der Waals surface area contributed by atoms with Crippen molar-refractivity contribution in [3.05, 3.63) is 53.4 Å². The Morgan fingerprint density at radius 1 is 1.21 bits per heavy atom. The lowest BCUT2D eigenvalue weighted by Gasteiger charge is -2.11. The summed E-state index contributed by atoms with van der Waals surface area (Å²) in [6.45, 7) is 0. The molecule has 0 N–H and O–H groups in total. The Balaban J connectivity index is 2.33. The van der Waals surface area contributed by atoms with Gasteiger partial charge < -0.3 is 0 Å². The minimum absolute atomic E-state index is 0.0300. The lowest BCUT2D eigenvalue weighted by molar-refractivity contribution is -0.141. The first kappa shape index (κ1) is 13.9. The molecule has 2 rings (SSSR count). The molecule has 2 aromatic rings. The van der Waals surface area contributed by atoms with Crippen molar-refractivity contribution < 1.29 is 13.2 Å². The number of aromatic nitrogens is 3. The lowest BCUT2D eigenvalue weighted by atomic mass is 10.2. The fourth-order valence-corrected chi connectivity index (χ4v) is 1.97. The third-order valence-corrected chi connectivity index (χ3v) is 3.02. The van der Waals surface area contributed by atoms with E-state index in [2.05, 4.69) is 30.9 Å². The summed E-state index contributed by atoms with van der Waals surface area (Å²) in [5.41, 5.74) is -0.0945. The molecule has 0 aliphatic heterocycles. The Morgan fingerprint density at radius 3 is 2.58 bits per heavy atom. The molecule has 2 heterocycles. The predicted octanol–water partition coefficient (Wildman–Crippen LogP) is 3.38. The second kappa shape index (κ2) is 5.64. The number of alkyl halides is 4. The minimum atomic E-state index is -4.48. The second-order valence-electron chi connectivity index (χ2n) is 3.83. The average molecular weight is 332 g/mol. The smallest absolute Gasteiger partial charge is 0.264 e. The Hall–Kier alpha value is -1.50. The molecule has 0 aliphatic carbocycles. The minimum Gasteiger partial charge on any atom is -0.264 e. The van der Waals surface area contributed by atoms with Crippen LogP contribution >= 0.6 is 15.9 Å². The molecule has 0 spiro atoms. The van der Waals surface area contributed by atoms with Crippen LogP contribution in [-0.4, -0.2) is 15.0 Å². The summed E-state index contributed by atoms with van der Waals surface area (Å²) in [4.78, 5) is 11.5. The number of nitrogens with zero attached hydrogens (tertiary/aromatic N) is 3. The van der Waals surface area contributed by atoms with Gasteiger partial charge in [0.1, 0.15) is 5.82 Å². The van der Waals surface area contributed by atoms with E-state index in [0.29, 0.717) is 0 Å². The van der Waals surface area contributed by atoms with Crippen molar-refractivity contribution in [1.82, 2.24) is 15.0 Å². The maximum absolute atomic E-state index is 12.8. The van der Waals surface area contributed by atoms with Crippen LogP contribution in [0.25, 0.3) is 0 Å². The van der Waals surface area contributed by atoms with Crippen molar-refractivity contribution in [2.75, 3.05) is 0 Å². The lowest BCUT2D eigenvalue weighted by Crippen LogP contribution is -2.14. The highest BCUT2D eigenvalue weighted by Gasteiger charge is 2.35. The monoisotopic (exact) mass is 331 g/mol. The van der Waals surface area contributed by atoms with Gasteiger partial charge in [-0.3, -0.25) is 4.98 Å². The maximum atomic E-state index is 12.8. The van der Waals surface area contributed by atoms with Crippen molar-refractivity contribution in [3.8, 4) is 0 Å². The van der Waals surface area contributed by atoms with E-state index in [1.165, 1.54) is 6.20 Å². The van der Waals surface area contributed by atoms with Gasteiger partial charge in [0.2, 0.25) is 0 Å². The highest BCUT2D eigenvalue weighted by Crippen LogP contribution is 2.31. The van der Waals surface area contributed by atoms with Crippen LogP contribution in [-0.2, 0) is 17.9 Å². The van der Waals surface area contributed by atoms with E-state index in [4.69, 9.17) is 0 Å². The van der Waals surface area contributed by atoms with E-state index >= 15 is 0 Å². The Morgan fingerprint density at radius 2 is 2.00 bits per heavy atom. The van der Waals surface area contributed by atoms with Crippen molar-refractivity contribution in [1.29, 1.82) is 0 Å². The van der Waals surface area contributed by atoms with Crippen LogP contribution in [0.2, 0.25) is 0 Å². The molecule has 3 nitrogen and oxygen atoms in total. The topological polar surface area (TPSA) is 38.7 Å². The molecule has 7 heteroatoms. The maximum Gasteiger partial charge on any atom is 0.433 e. The summed E-state index contributed by atoms with van der Waals surface area (Å²) in [7, 11) is 0. The number of rotatable bonds is 3. The quantitative estimate of drug-likeness (QED) is 0.809.